The molecule has 4 nitrogen and oxygen atoms in total. The number of pyridine rings is 1. The number of rotatable bonds is 1. The summed E-state index contributed by atoms with van der Waals surface area (Å²) in [4.78, 5) is 8.68. The average molecular weight is 200 g/mol. The van der Waals surface area contributed by atoms with Crippen molar-refractivity contribution in [1.82, 2.24) is 14.5 Å². The van der Waals surface area contributed by atoms with Gasteiger partial charge in [0, 0.05) is 18.8 Å². The number of nitrogens with two attached hydrogens (primary N) is 1. The van der Waals surface area contributed by atoms with E-state index < -0.39 is 0 Å². The van der Waals surface area contributed by atoms with E-state index >= 15 is 0 Å². The second-order valence-corrected chi connectivity index (χ2v) is 3.78. The van der Waals surface area contributed by atoms with Crippen LogP contribution in [-0.4, -0.2) is 14.5 Å². The third-order valence-corrected chi connectivity index (χ3v) is 2.82. The largest absolute Gasteiger partial charge is 0.333 e. The first-order valence-electron chi connectivity index (χ1n) is 5.08. The summed E-state index contributed by atoms with van der Waals surface area (Å²) in [6.45, 7) is 0.969. The molecule has 3 rings (SSSR count). The second-order valence-electron chi connectivity index (χ2n) is 3.78. The van der Waals surface area contributed by atoms with Crippen molar-refractivity contribution in [3.8, 4) is 11.4 Å². The van der Waals surface area contributed by atoms with Crippen molar-refractivity contribution in [1.29, 1.82) is 0 Å². The fourth-order valence-electron chi connectivity index (χ4n) is 2.07. The molecule has 1 aliphatic heterocycles. The smallest absolute Gasteiger partial charge is 0.111 e. The van der Waals surface area contributed by atoms with Crippen molar-refractivity contribution in [2.75, 3.05) is 0 Å². The third-order valence-electron chi connectivity index (χ3n) is 2.82. The van der Waals surface area contributed by atoms with Crippen molar-refractivity contribution < 1.29 is 0 Å². The number of hydrogen-bond donors (Lipinski definition) is 1. The van der Waals surface area contributed by atoms with Gasteiger partial charge in [0.25, 0.3) is 0 Å². The number of hydrogen-bond acceptors (Lipinski definition) is 3. The predicted molar refractivity (Wildman–Crippen MR) is 57.0 cm³/mol. The van der Waals surface area contributed by atoms with Gasteiger partial charge in [0.15, 0.2) is 0 Å². The molecule has 0 aromatic carbocycles. The van der Waals surface area contributed by atoms with Gasteiger partial charge in [-0.2, -0.15) is 0 Å². The summed E-state index contributed by atoms with van der Waals surface area (Å²) in [6, 6.07) is 5.94. The Morgan fingerprint density at radius 2 is 2.27 bits per heavy atom. The molecule has 0 fully saturated rings. The van der Waals surface area contributed by atoms with Gasteiger partial charge >= 0.3 is 0 Å². The van der Waals surface area contributed by atoms with Crippen LogP contribution < -0.4 is 5.73 Å². The summed E-state index contributed by atoms with van der Waals surface area (Å²) in [5.74, 6) is 0. The Hall–Kier alpha value is -1.68. The quantitative estimate of drug-likeness (QED) is 0.756. The topological polar surface area (TPSA) is 56.7 Å². The molecule has 2 aromatic rings. The average Bonchev–Trinajstić information content (AvgIpc) is 2.84. The highest BCUT2D eigenvalue weighted by Crippen LogP contribution is 2.31. The van der Waals surface area contributed by atoms with E-state index in [9.17, 15) is 0 Å². The minimum atomic E-state index is 0.101. The first-order chi connectivity index (χ1) is 7.36. The van der Waals surface area contributed by atoms with Crippen LogP contribution in [0.1, 0.15) is 18.2 Å². The molecule has 0 aliphatic carbocycles. The number of aryl methyl sites for hydroxylation is 1. The van der Waals surface area contributed by atoms with E-state index in [2.05, 4.69) is 14.5 Å². The van der Waals surface area contributed by atoms with E-state index in [0.717, 1.165) is 30.0 Å². The molecular formula is C11H12N4. The van der Waals surface area contributed by atoms with E-state index in [4.69, 9.17) is 5.73 Å². The van der Waals surface area contributed by atoms with Gasteiger partial charge in [-0.15, -0.1) is 0 Å². The van der Waals surface area contributed by atoms with Crippen LogP contribution in [0.2, 0.25) is 0 Å². The van der Waals surface area contributed by atoms with Crippen LogP contribution in [0, 0.1) is 0 Å². The third kappa shape index (κ3) is 1.26. The van der Waals surface area contributed by atoms with Gasteiger partial charge in [0.1, 0.15) is 5.69 Å². The van der Waals surface area contributed by atoms with Gasteiger partial charge in [-0.25, -0.2) is 4.98 Å². The number of aromatic nitrogens is 3. The Morgan fingerprint density at radius 3 is 3.07 bits per heavy atom. The van der Waals surface area contributed by atoms with Crippen LogP contribution in [0.3, 0.4) is 0 Å². The number of nitrogens with zero attached hydrogens (tertiary/aromatic N) is 3. The molecule has 4 heteroatoms. The minimum absolute atomic E-state index is 0.101. The van der Waals surface area contributed by atoms with Crippen molar-refractivity contribution in [2.24, 2.45) is 5.73 Å². The predicted octanol–water partition coefficient (Wildman–Crippen LogP) is 1.35. The number of imidazole rings is 1. The first kappa shape index (κ1) is 8.61. The van der Waals surface area contributed by atoms with Crippen molar-refractivity contribution >= 4 is 0 Å². The summed E-state index contributed by atoms with van der Waals surface area (Å²) in [7, 11) is 0. The molecule has 76 valence electrons. The Kier molecular flexibility index (Phi) is 1.82. The zero-order valence-electron chi connectivity index (χ0n) is 8.30. The summed E-state index contributed by atoms with van der Waals surface area (Å²) in [5, 5.41) is 0. The standard InChI is InChI=1S/C11H12N4/c12-8-4-6-15-7-14-10(11(8)15)9-3-1-2-5-13-9/h1-3,5,7-8H,4,6,12H2. The van der Waals surface area contributed by atoms with Gasteiger partial charge < -0.3 is 10.3 Å². The lowest BCUT2D eigenvalue weighted by molar-refractivity contribution is 0.679. The maximum absolute atomic E-state index is 6.04. The fourth-order valence-corrected chi connectivity index (χ4v) is 2.07. The van der Waals surface area contributed by atoms with Crippen LogP contribution in [0.5, 0.6) is 0 Å². The Bertz CT molecular complexity index is 475. The summed E-state index contributed by atoms with van der Waals surface area (Å²) < 4.78 is 2.12. The van der Waals surface area contributed by atoms with Crippen LogP contribution in [0.15, 0.2) is 30.7 Å². The molecule has 1 unspecified atom stereocenters. The summed E-state index contributed by atoms with van der Waals surface area (Å²) in [6.07, 6.45) is 4.63. The Morgan fingerprint density at radius 1 is 1.33 bits per heavy atom. The number of fused-ring (bicyclic) bond motifs is 1. The van der Waals surface area contributed by atoms with Gasteiger partial charge in [-0.05, 0) is 18.6 Å². The maximum Gasteiger partial charge on any atom is 0.111 e. The molecule has 15 heavy (non-hydrogen) atoms. The van der Waals surface area contributed by atoms with Gasteiger partial charge in [0.05, 0.1) is 17.7 Å². The molecule has 0 saturated carbocycles. The Balaban J connectivity index is 2.15. The molecular weight excluding hydrogens is 188 g/mol. The first-order valence-corrected chi connectivity index (χ1v) is 5.08. The lowest BCUT2D eigenvalue weighted by Crippen LogP contribution is -2.07. The lowest BCUT2D eigenvalue weighted by Gasteiger charge is -2.04. The molecule has 3 heterocycles. The highest BCUT2D eigenvalue weighted by Gasteiger charge is 2.24. The molecule has 2 aromatic heterocycles. The molecule has 0 bridgehead atoms. The highest BCUT2D eigenvalue weighted by molar-refractivity contribution is 5.58. The molecule has 1 aliphatic rings. The zero-order valence-corrected chi connectivity index (χ0v) is 8.30. The molecule has 0 amide bonds. The van der Waals surface area contributed by atoms with E-state index in [1.54, 1.807) is 6.20 Å². The van der Waals surface area contributed by atoms with Gasteiger partial charge in [-0.3, -0.25) is 4.98 Å². The zero-order chi connectivity index (χ0) is 10.3. The summed E-state index contributed by atoms with van der Waals surface area (Å²) in [5.41, 5.74) is 9.00. The fraction of sp³-hybridized carbons (Fsp3) is 0.273. The monoisotopic (exact) mass is 200 g/mol. The van der Waals surface area contributed by atoms with Crippen molar-refractivity contribution in [2.45, 2.75) is 19.0 Å². The molecule has 0 radical (unpaired) electrons. The van der Waals surface area contributed by atoms with Crippen LogP contribution in [0.25, 0.3) is 11.4 Å². The maximum atomic E-state index is 6.04. The van der Waals surface area contributed by atoms with Crippen LogP contribution in [-0.2, 0) is 6.54 Å². The highest BCUT2D eigenvalue weighted by atomic mass is 15.1. The van der Waals surface area contributed by atoms with E-state index in [0.29, 0.717) is 0 Å². The van der Waals surface area contributed by atoms with Gasteiger partial charge in [0.2, 0.25) is 0 Å². The van der Waals surface area contributed by atoms with Crippen molar-refractivity contribution in [3.63, 3.8) is 0 Å². The van der Waals surface area contributed by atoms with E-state index in [1.165, 1.54) is 0 Å². The Labute approximate surface area is 87.8 Å². The SMILES string of the molecule is NC1CCn2cnc(-c3ccccn3)c21. The molecule has 0 saturated heterocycles. The molecule has 2 N–H and O–H groups in total. The minimum Gasteiger partial charge on any atom is -0.333 e. The van der Waals surface area contributed by atoms with E-state index in [1.807, 2.05) is 24.5 Å². The molecule has 1 atom stereocenters. The van der Waals surface area contributed by atoms with E-state index in [-0.39, 0.29) is 6.04 Å². The second kappa shape index (κ2) is 3.17. The van der Waals surface area contributed by atoms with Crippen LogP contribution >= 0.6 is 0 Å². The van der Waals surface area contributed by atoms with Crippen LogP contribution in [0.4, 0.5) is 0 Å². The summed E-state index contributed by atoms with van der Waals surface area (Å²) >= 11 is 0. The normalized spacial score (nSPS) is 19.1. The molecule has 0 spiro atoms. The van der Waals surface area contributed by atoms with Crippen molar-refractivity contribution in [3.05, 3.63) is 36.4 Å². The lowest BCUT2D eigenvalue weighted by atomic mass is 10.1. The van der Waals surface area contributed by atoms with Gasteiger partial charge in [-0.1, -0.05) is 6.07 Å².